The van der Waals surface area contributed by atoms with Crippen LogP contribution in [0.25, 0.3) is 0 Å². The zero-order valence-corrected chi connectivity index (χ0v) is 11.3. The van der Waals surface area contributed by atoms with E-state index in [0.717, 1.165) is 5.56 Å². The summed E-state index contributed by atoms with van der Waals surface area (Å²) in [4.78, 5) is 35.3. The molecule has 3 rings (SSSR count). The van der Waals surface area contributed by atoms with E-state index in [1.807, 2.05) is 30.3 Å². The summed E-state index contributed by atoms with van der Waals surface area (Å²) in [5.74, 6) is -2.62. The molecule has 0 fully saturated rings. The SMILES string of the molecule is O=C1C[C@H](C(=O)O)C2=C(C[C@@H](c3ccccc3)CC2=O)N1. The molecule has 1 amide bonds. The molecular weight excluding hydrogens is 270 g/mol. The van der Waals surface area contributed by atoms with Crippen LogP contribution in [0, 0.1) is 5.92 Å². The third-order valence-corrected chi connectivity index (χ3v) is 4.11. The number of rotatable bonds is 2. The van der Waals surface area contributed by atoms with Gasteiger partial charge in [-0.1, -0.05) is 30.3 Å². The van der Waals surface area contributed by atoms with Gasteiger partial charge in [0.25, 0.3) is 0 Å². The van der Waals surface area contributed by atoms with Gasteiger partial charge < -0.3 is 10.4 Å². The highest BCUT2D eigenvalue weighted by Gasteiger charge is 2.40. The molecular formula is C16H15NO4. The van der Waals surface area contributed by atoms with Crippen LogP contribution in [0.2, 0.25) is 0 Å². The standard InChI is InChI=1S/C16H15NO4/c18-13-7-10(9-4-2-1-3-5-9)6-12-15(13)11(16(20)21)8-14(19)17-12/h1-5,10-11H,6-8H2,(H,17,19)(H,20,21)/t10-,11+/m1/s1. The molecule has 0 bridgehead atoms. The maximum atomic E-state index is 12.4. The van der Waals surface area contributed by atoms with Crippen molar-refractivity contribution in [1.29, 1.82) is 0 Å². The van der Waals surface area contributed by atoms with E-state index in [2.05, 4.69) is 5.32 Å². The van der Waals surface area contributed by atoms with Crippen LogP contribution in [0.5, 0.6) is 0 Å². The van der Waals surface area contributed by atoms with Gasteiger partial charge in [0.05, 0.1) is 5.92 Å². The van der Waals surface area contributed by atoms with Gasteiger partial charge in [0.1, 0.15) is 0 Å². The number of benzene rings is 1. The Bertz CT molecular complexity index is 648. The van der Waals surface area contributed by atoms with Crippen LogP contribution in [-0.4, -0.2) is 22.8 Å². The van der Waals surface area contributed by atoms with Gasteiger partial charge in [-0.3, -0.25) is 14.4 Å². The number of allylic oxidation sites excluding steroid dienone is 1. The Morgan fingerprint density at radius 2 is 1.81 bits per heavy atom. The maximum Gasteiger partial charge on any atom is 0.311 e. The van der Waals surface area contributed by atoms with Crippen LogP contribution in [-0.2, 0) is 14.4 Å². The zero-order valence-electron chi connectivity index (χ0n) is 11.3. The number of aliphatic carboxylic acids is 1. The highest BCUT2D eigenvalue weighted by atomic mass is 16.4. The summed E-state index contributed by atoms with van der Waals surface area (Å²) in [7, 11) is 0. The Kier molecular flexibility index (Phi) is 3.33. The number of nitrogens with one attached hydrogen (secondary N) is 1. The van der Waals surface area contributed by atoms with Crippen molar-refractivity contribution in [2.45, 2.75) is 25.2 Å². The number of hydrogen-bond donors (Lipinski definition) is 2. The van der Waals surface area contributed by atoms with E-state index in [4.69, 9.17) is 0 Å². The van der Waals surface area contributed by atoms with Crippen LogP contribution >= 0.6 is 0 Å². The maximum absolute atomic E-state index is 12.4. The average molecular weight is 285 g/mol. The second-order valence-electron chi connectivity index (χ2n) is 5.47. The number of amides is 1. The van der Waals surface area contributed by atoms with Gasteiger partial charge in [0.15, 0.2) is 5.78 Å². The number of ketones is 1. The van der Waals surface area contributed by atoms with E-state index in [-0.39, 0.29) is 29.6 Å². The summed E-state index contributed by atoms with van der Waals surface area (Å²) >= 11 is 0. The lowest BCUT2D eigenvalue weighted by molar-refractivity contribution is -0.144. The molecule has 1 heterocycles. The Hall–Kier alpha value is -2.43. The minimum Gasteiger partial charge on any atom is -0.481 e. The lowest BCUT2D eigenvalue weighted by atomic mass is 9.75. The number of carboxylic acids is 1. The predicted molar refractivity (Wildman–Crippen MR) is 74.3 cm³/mol. The molecule has 2 atom stereocenters. The van der Waals surface area contributed by atoms with Crippen LogP contribution in [0.3, 0.4) is 0 Å². The first-order valence-electron chi connectivity index (χ1n) is 6.90. The molecule has 0 radical (unpaired) electrons. The van der Waals surface area contributed by atoms with Crippen molar-refractivity contribution < 1.29 is 19.5 Å². The largest absolute Gasteiger partial charge is 0.481 e. The highest BCUT2D eigenvalue weighted by molar-refractivity contribution is 6.05. The van der Waals surface area contributed by atoms with Crippen LogP contribution in [0.4, 0.5) is 0 Å². The second kappa shape index (κ2) is 5.16. The smallest absolute Gasteiger partial charge is 0.311 e. The molecule has 108 valence electrons. The highest BCUT2D eigenvalue weighted by Crippen LogP contribution is 2.38. The number of carboxylic acid groups (broad SMARTS) is 1. The Balaban J connectivity index is 1.96. The van der Waals surface area contributed by atoms with Gasteiger partial charge in [-0.2, -0.15) is 0 Å². The third-order valence-electron chi connectivity index (χ3n) is 4.11. The summed E-state index contributed by atoms with van der Waals surface area (Å²) in [5, 5.41) is 11.9. The third kappa shape index (κ3) is 2.46. The second-order valence-corrected chi connectivity index (χ2v) is 5.47. The molecule has 2 N–H and O–H groups in total. The Morgan fingerprint density at radius 1 is 1.10 bits per heavy atom. The van der Waals surface area contributed by atoms with E-state index < -0.39 is 11.9 Å². The quantitative estimate of drug-likeness (QED) is 0.864. The van der Waals surface area contributed by atoms with E-state index in [1.165, 1.54) is 0 Å². The van der Waals surface area contributed by atoms with Gasteiger partial charge in [0, 0.05) is 24.1 Å². The molecule has 1 aromatic rings. The van der Waals surface area contributed by atoms with Gasteiger partial charge in [-0.05, 0) is 17.9 Å². The van der Waals surface area contributed by atoms with Crippen molar-refractivity contribution >= 4 is 17.7 Å². The van der Waals surface area contributed by atoms with Crippen molar-refractivity contribution in [3.05, 3.63) is 47.2 Å². The molecule has 2 aliphatic rings. The molecule has 0 unspecified atom stereocenters. The van der Waals surface area contributed by atoms with E-state index >= 15 is 0 Å². The minimum atomic E-state index is -1.11. The molecule has 5 nitrogen and oxygen atoms in total. The van der Waals surface area contributed by atoms with Crippen molar-refractivity contribution in [3.8, 4) is 0 Å². The summed E-state index contributed by atoms with van der Waals surface area (Å²) in [6.07, 6.45) is 0.638. The van der Waals surface area contributed by atoms with Gasteiger partial charge in [-0.25, -0.2) is 0 Å². The number of carbonyl (C=O) groups is 3. The molecule has 1 aliphatic heterocycles. The predicted octanol–water partition coefficient (Wildman–Crippen LogP) is 1.61. The normalized spacial score (nSPS) is 25.3. The fourth-order valence-electron chi connectivity index (χ4n) is 3.13. The molecule has 0 aromatic heterocycles. The Labute approximate surface area is 121 Å². The fourth-order valence-corrected chi connectivity index (χ4v) is 3.13. The summed E-state index contributed by atoms with van der Waals surface area (Å²) in [6.45, 7) is 0. The first-order valence-corrected chi connectivity index (χ1v) is 6.90. The molecule has 1 aromatic carbocycles. The summed E-state index contributed by atoms with van der Waals surface area (Å²) in [5.41, 5.74) is 1.81. The average Bonchev–Trinajstić information content (AvgIpc) is 2.46. The lowest BCUT2D eigenvalue weighted by Gasteiger charge is -2.32. The molecule has 5 heteroatoms. The van der Waals surface area contributed by atoms with E-state index in [0.29, 0.717) is 18.5 Å². The van der Waals surface area contributed by atoms with Crippen molar-refractivity contribution in [2.24, 2.45) is 5.92 Å². The van der Waals surface area contributed by atoms with Gasteiger partial charge >= 0.3 is 5.97 Å². The van der Waals surface area contributed by atoms with E-state index in [1.54, 1.807) is 0 Å². The zero-order chi connectivity index (χ0) is 15.0. The number of hydrogen-bond acceptors (Lipinski definition) is 3. The minimum absolute atomic E-state index is 0.00899. The molecule has 21 heavy (non-hydrogen) atoms. The molecule has 1 aliphatic carbocycles. The summed E-state index contributed by atoms with van der Waals surface area (Å²) < 4.78 is 0. The van der Waals surface area contributed by atoms with Crippen molar-refractivity contribution in [2.75, 3.05) is 0 Å². The van der Waals surface area contributed by atoms with Crippen molar-refractivity contribution in [3.63, 3.8) is 0 Å². The monoisotopic (exact) mass is 285 g/mol. The molecule has 0 spiro atoms. The van der Waals surface area contributed by atoms with Crippen LogP contribution in [0.1, 0.15) is 30.7 Å². The number of carbonyl (C=O) groups excluding carboxylic acids is 2. The fraction of sp³-hybridized carbons (Fsp3) is 0.312. The van der Waals surface area contributed by atoms with Gasteiger partial charge in [-0.15, -0.1) is 0 Å². The lowest BCUT2D eigenvalue weighted by Crippen LogP contribution is -2.41. The summed E-state index contributed by atoms with van der Waals surface area (Å²) in [6, 6.07) is 9.61. The van der Waals surface area contributed by atoms with E-state index in [9.17, 15) is 19.5 Å². The molecule has 0 saturated carbocycles. The van der Waals surface area contributed by atoms with Crippen LogP contribution < -0.4 is 5.32 Å². The topological polar surface area (TPSA) is 83.5 Å². The first-order chi connectivity index (χ1) is 10.1. The first kappa shape index (κ1) is 13.5. The Morgan fingerprint density at radius 3 is 2.48 bits per heavy atom. The molecule has 0 saturated heterocycles. The number of Topliss-reactive ketones (excluding diaryl/α,β-unsaturated/α-hetero) is 1. The van der Waals surface area contributed by atoms with Crippen molar-refractivity contribution in [1.82, 2.24) is 5.32 Å². The van der Waals surface area contributed by atoms with Crippen LogP contribution in [0.15, 0.2) is 41.6 Å². The van der Waals surface area contributed by atoms with Gasteiger partial charge in [0.2, 0.25) is 5.91 Å².